The van der Waals surface area contributed by atoms with E-state index in [0.29, 0.717) is 41.0 Å². The Morgan fingerprint density at radius 2 is 2.23 bits per heavy atom. The van der Waals surface area contributed by atoms with Crippen molar-refractivity contribution in [3.05, 3.63) is 51.7 Å². The van der Waals surface area contributed by atoms with Crippen LogP contribution in [0.25, 0.3) is 5.78 Å². The largest absolute Gasteiger partial charge is 0.485 e. The summed E-state index contributed by atoms with van der Waals surface area (Å²) in [4.78, 5) is 33.5. The smallest absolute Gasteiger partial charge is 0.274 e. The van der Waals surface area contributed by atoms with E-state index < -0.39 is 6.10 Å². The van der Waals surface area contributed by atoms with Gasteiger partial charge in [-0.25, -0.2) is 4.98 Å². The number of ether oxygens (including phenoxy) is 2. The van der Waals surface area contributed by atoms with Gasteiger partial charge in [-0.05, 0) is 44.9 Å². The van der Waals surface area contributed by atoms with Crippen molar-refractivity contribution >= 4 is 29.0 Å². The van der Waals surface area contributed by atoms with Gasteiger partial charge in [0.15, 0.2) is 0 Å². The van der Waals surface area contributed by atoms with E-state index >= 15 is 0 Å². The number of carbonyl (C=O) groups excluding carboxylic acids is 1. The fourth-order valence-electron chi connectivity index (χ4n) is 3.29. The number of hydrogen-bond acceptors (Lipinski definition) is 6. The van der Waals surface area contributed by atoms with Gasteiger partial charge >= 0.3 is 0 Å². The van der Waals surface area contributed by atoms with Crippen molar-refractivity contribution in [3.8, 4) is 5.75 Å². The maximum atomic E-state index is 12.5. The highest BCUT2D eigenvalue weighted by molar-refractivity contribution is 6.31. The number of fused-ring (bicyclic) bond motifs is 1. The molecule has 4 rings (SSSR count). The quantitative estimate of drug-likeness (QED) is 0.644. The minimum Gasteiger partial charge on any atom is -0.485 e. The van der Waals surface area contributed by atoms with Crippen molar-refractivity contribution in [3.63, 3.8) is 0 Å². The average molecular weight is 432 g/mol. The summed E-state index contributed by atoms with van der Waals surface area (Å²) in [6, 6.07) is 6.41. The van der Waals surface area contributed by atoms with Crippen LogP contribution in [-0.2, 0) is 16.1 Å². The summed E-state index contributed by atoms with van der Waals surface area (Å²) in [5.41, 5.74) is 0.623. The van der Waals surface area contributed by atoms with Gasteiger partial charge in [-0.3, -0.25) is 14.3 Å². The highest BCUT2D eigenvalue weighted by atomic mass is 35.5. The molecule has 1 fully saturated rings. The first kappa shape index (κ1) is 20.4. The maximum absolute atomic E-state index is 12.5. The average Bonchev–Trinajstić information content (AvgIpc) is 3.37. The predicted octanol–water partition coefficient (Wildman–Crippen LogP) is 2.82. The summed E-state index contributed by atoms with van der Waals surface area (Å²) >= 11 is 6.09. The molecular formula is C20H22ClN5O4. The Morgan fingerprint density at radius 1 is 1.40 bits per heavy atom. The first-order valence-corrected chi connectivity index (χ1v) is 10.1. The number of nitrogens with zero attached hydrogens (tertiary/aromatic N) is 4. The number of nitrogens with one attached hydrogen (secondary N) is 1. The topological polar surface area (TPSA) is 99.8 Å². The second-order valence-corrected chi connectivity index (χ2v) is 7.77. The molecule has 1 amide bonds. The van der Waals surface area contributed by atoms with Crippen LogP contribution in [0.1, 0.15) is 38.4 Å². The zero-order chi connectivity index (χ0) is 21.3. The molecule has 9 nitrogen and oxygen atoms in total. The summed E-state index contributed by atoms with van der Waals surface area (Å²) in [5.74, 6) is 0.481. The molecule has 1 aromatic carbocycles. The first-order chi connectivity index (χ1) is 14.4. The van der Waals surface area contributed by atoms with E-state index in [2.05, 4.69) is 15.3 Å². The molecule has 1 unspecified atom stereocenters. The number of halogens is 1. The van der Waals surface area contributed by atoms with Crippen molar-refractivity contribution < 1.29 is 14.3 Å². The van der Waals surface area contributed by atoms with Gasteiger partial charge in [0.25, 0.3) is 17.2 Å². The Kier molecular flexibility index (Phi) is 5.74. The molecule has 3 aromatic rings. The Balaban J connectivity index is 1.53. The van der Waals surface area contributed by atoms with Gasteiger partial charge in [-0.15, -0.1) is 0 Å². The predicted molar refractivity (Wildman–Crippen MR) is 111 cm³/mol. The number of carbonyl (C=O) groups is 1. The number of benzene rings is 1. The van der Waals surface area contributed by atoms with E-state index in [1.165, 1.54) is 10.6 Å². The SMILES string of the molecule is CC(C)n1cnc2nc(COc3ccc(Cl)cc3NC(=O)C3CCCO3)cc(=O)n21. The lowest BCUT2D eigenvalue weighted by atomic mass is 10.2. The molecule has 1 atom stereocenters. The Morgan fingerprint density at radius 3 is 2.97 bits per heavy atom. The molecule has 30 heavy (non-hydrogen) atoms. The van der Waals surface area contributed by atoms with Crippen LogP contribution in [0.4, 0.5) is 5.69 Å². The van der Waals surface area contributed by atoms with Gasteiger partial charge in [0.1, 0.15) is 24.8 Å². The summed E-state index contributed by atoms with van der Waals surface area (Å²) < 4.78 is 14.4. The second kappa shape index (κ2) is 8.45. The fourth-order valence-corrected chi connectivity index (χ4v) is 3.46. The van der Waals surface area contributed by atoms with Gasteiger partial charge in [0.2, 0.25) is 0 Å². The van der Waals surface area contributed by atoms with Crippen LogP contribution in [0.3, 0.4) is 0 Å². The first-order valence-electron chi connectivity index (χ1n) is 9.73. The number of aromatic nitrogens is 4. The third-order valence-electron chi connectivity index (χ3n) is 4.78. The summed E-state index contributed by atoms with van der Waals surface area (Å²) in [6.07, 6.45) is 2.64. The second-order valence-electron chi connectivity index (χ2n) is 7.34. The number of anilines is 1. The van der Waals surface area contributed by atoms with Crippen LogP contribution < -0.4 is 15.6 Å². The van der Waals surface area contributed by atoms with Gasteiger partial charge in [0.05, 0.1) is 11.4 Å². The lowest BCUT2D eigenvalue weighted by molar-refractivity contribution is -0.124. The van der Waals surface area contributed by atoms with Crippen LogP contribution in [0.2, 0.25) is 5.02 Å². The number of rotatable bonds is 6. The Bertz CT molecular complexity index is 1130. The molecule has 0 saturated carbocycles. The van der Waals surface area contributed by atoms with Crippen molar-refractivity contribution in [2.45, 2.75) is 45.4 Å². The van der Waals surface area contributed by atoms with Crippen LogP contribution in [0.15, 0.2) is 35.4 Å². The molecule has 1 aliphatic heterocycles. The van der Waals surface area contributed by atoms with Crippen LogP contribution >= 0.6 is 11.6 Å². The molecule has 0 aliphatic carbocycles. The minimum atomic E-state index is -0.475. The minimum absolute atomic E-state index is 0.0325. The molecular weight excluding hydrogens is 410 g/mol. The molecule has 0 radical (unpaired) electrons. The van der Waals surface area contributed by atoms with Crippen molar-refractivity contribution in [2.24, 2.45) is 0 Å². The van der Waals surface area contributed by atoms with Gasteiger partial charge in [-0.1, -0.05) is 11.6 Å². The molecule has 3 heterocycles. The zero-order valence-corrected chi connectivity index (χ0v) is 17.4. The van der Waals surface area contributed by atoms with Crippen LogP contribution in [-0.4, -0.2) is 37.8 Å². The Hall–Kier alpha value is -2.91. The van der Waals surface area contributed by atoms with Crippen molar-refractivity contribution in [2.75, 3.05) is 11.9 Å². The summed E-state index contributed by atoms with van der Waals surface area (Å²) in [5, 5.41) is 3.27. The zero-order valence-electron chi connectivity index (χ0n) is 16.7. The summed E-state index contributed by atoms with van der Waals surface area (Å²) in [7, 11) is 0. The normalized spacial score (nSPS) is 16.3. The summed E-state index contributed by atoms with van der Waals surface area (Å²) in [6.45, 7) is 4.52. The van der Waals surface area contributed by atoms with Gasteiger partial charge < -0.3 is 14.8 Å². The number of amides is 1. The molecule has 1 N–H and O–H groups in total. The molecule has 1 saturated heterocycles. The highest BCUT2D eigenvalue weighted by Crippen LogP contribution is 2.29. The van der Waals surface area contributed by atoms with E-state index in [1.807, 2.05) is 13.8 Å². The standard InChI is InChI=1S/C20H22ClN5O4/c1-12(2)25-11-22-20-23-14(9-18(27)26(20)25)10-30-16-6-5-13(21)8-15(16)24-19(28)17-4-3-7-29-17/h5-6,8-9,11-12,17H,3-4,7,10H2,1-2H3,(H,24,28). The molecule has 10 heteroatoms. The maximum Gasteiger partial charge on any atom is 0.274 e. The van der Waals surface area contributed by atoms with Gasteiger partial charge in [-0.2, -0.15) is 9.50 Å². The lowest BCUT2D eigenvalue weighted by Crippen LogP contribution is -2.27. The molecule has 0 bridgehead atoms. The molecule has 0 spiro atoms. The third-order valence-corrected chi connectivity index (χ3v) is 5.02. The fraction of sp³-hybridized carbons (Fsp3) is 0.400. The van der Waals surface area contributed by atoms with E-state index in [4.69, 9.17) is 21.1 Å². The Labute approximate surface area is 177 Å². The monoisotopic (exact) mass is 431 g/mol. The van der Waals surface area contributed by atoms with Gasteiger partial charge in [0, 0.05) is 23.7 Å². The van der Waals surface area contributed by atoms with Crippen LogP contribution in [0, 0.1) is 0 Å². The van der Waals surface area contributed by atoms with E-state index in [-0.39, 0.29) is 24.1 Å². The highest BCUT2D eigenvalue weighted by Gasteiger charge is 2.24. The van der Waals surface area contributed by atoms with Crippen molar-refractivity contribution in [1.29, 1.82) is 0 Å². The van der Waals surface area contributed by atoms with Crippen molar-refractivity contribution in [1.82, 2.24) is 19.2 Å². The third kappa shape index (κ3) is 4.17. The lowest BCUT2D eigenvalue weighted by Gasteiger charge is -2.15. The molecule has 2 aromatic heterocycles. The van der Waals surface area contributed by atoms with Crippen LogP contribution in [0.5, 0.6) is 5.75 Å². The van der Waals surface area contributed by atoms with E-state index in [0.717, 1.165) is 6.42 Å². The number of hydrogen-bond donors (Lipinski definition) is 1. The molecule has 158 valence electrons. The molecule has 1 aliphatic rings. The van der Waals surface area contributed by atoms with E-state index in [9.17, 15) is 9.59 Å². The van der Waals surface area contributed by atoms with E-state index in [1.54, 1.807) is 29.2 Å².